The largest absolute Gasteiger partial charge is 0.485 e. The number of rotatable bonds is 7. The fourth-order valence-electron chi connectivity index (χ4n) is 3.71. The van der Waals surface area contributed by atoms with E-state index in [-0.39, 0.29) is 31.1 Å². The van der Waals surface area contributed by atoms with Gasteiger partial charge in [0.25, 0.3) is 11.8 Å². The first-order chi connectivity index (χ1) is 15.7. The van der Waals surface area contributed by atoms with Crippen LogP contribution in [0.3, 0.4) is 0 Å². The number of ether oxygens (including phenoxy) is 3. The summed E-state index contributed by atoms with van der Waals surface area (Å²) < 4.78 is 16.7. The van der Waals surface area contributed by atoms with Crippen molar-refractivity contribution in [3.05, 3.63) is 54.1 Å². The number of benzene rings is 2. The summed E-state index contributed by atoms with van der Waals surface area (Å²) in [5.74, 6) is 1.26. The van der Waals surface area contributed by atoms with Gasteiger partial charge < -0.3 is 19.5 Å². The molecular weight excluding hydrogens is 410 g/mol. The number of hydrazone groups is 1. The van der Waals surface area contributed by atoms with Gasteiger partial charge >= 0.3 is 0 Å². The smallest absolute Gasteiger partial charge is 0.284 e. The van der Waals surface area contributed by atoms with Crippen molar-refractivity contribution >= 4 is 18.0 Å². The molecule has 1 aliphatic heterocycles. The standard InChI is InChI=1S/C24H27N3O5/c28-23(26-18-6-2-1-3-7-18)16-30-19-12-10-17(11-13-19)14-25-27-24(29)22-15-31-20-8-4-5-9-21(20)32-22/h4-5,8-14,18,22H,1-3,6-7,15-16H2,(H,26,28)(H,27,29)/b25-14-/t22-/m0/s1. The number of carbonyl (C=O) groups excluding carboxylic acids is 2. The highest BCUT2D eigenvalue weighted by Gasteiger charge is 2.27. The number of nitrogens with zero attached hydrogens (tertiary/aromatic N) is 1. The fraction of sp³-hybridized carbons (Fsp3) is 0.375. The zero-order chi connectivity index (χ0) is 22.2. The van der Waals surface area contributed by atoms with Crippen molar-refractivity contribution in [2.24, 2.45) is 5.10 Å². The molecule has 8 nitrogen and oxygen atoms in total. The van der Waals surface area contributed by atoms with Crippen LogP contribution < -0.4 is 25.0 Å². The van der Waals surface area contributed by atoms with Crippen LogP contribution in [0.4, 0.5) is 0 Å². The highest BCUT2D eigenvalue weighted by Crippen LogP contribution is 2.30. The molecule has 0 spiro atoms. The van der Waals surface area contributed by atoms with Gasteiger partial charge in [0, 0.05) is 6.04 Å². The van der Waals surface area contributed by atoms with E-state index in [2.05, 4.69) is 15.8 Å². The Morgan fingerprint density at radius 2 is 1.78 bits per heavy atom. The van der Waals surface area contributed by atoms with Gasteiger partial charge in [-0.05, 0) is 54.8 Å². The second kappa shape index (κ2) is 10.7. The number of hydrogen-bond acceptors (Lipinski definition) is 6. The van der Waals surface area contributed by atoms with E-state index in [0.29, 0.717) is 17.2 Å². The van der Waals surface area contributed by atoms with E-state index in [1.807, 2.05) is 12.1 Å². The number of para-hydroxylation sites is 2. The Labute approximate surface area is 186 Å². The molecular formula is C24H27N3O5. The second-order valence-corrected chi connectivity index (χ2v) is 7.86. The molecule has 4 rings (SSSR count). The van der Waals surface area contributed by atoms with Gasteiger partial charge in [-0.3, -0.25) is 9.59 Å². The number of carbonyl (C=O) groups is 2. The van der Waals surface area contributed by atoms with E-state index in [1.54, 1.807) is 36.4 Å². The van der Waals surface area contributed by atoms with Crippen LogP contribution in [0.1, 0.15) is 37.7 Å². The van der Waals surface area contributed by atoms with E-state index in [1.165, 1.54) is 25.5 Å². The molecule has 0 saturated heterocycles. The van der Waals surface area contributed by atoms with Crippen LogP contribution in [-0.4, -0.2) is 43.4 Å². The Bertz CT molecular complexity index is 954. The lowest BCUT2D eigenvalue weighted by atomic mass is 9.95. The highest BCUT2D eigenvalue weighted by atomic mass is 16.6. The molecule has 2 aromatic rings. The molecule has 0 unspecified atom stereocenters. The maximum atomic E-state index is 12.3. The van der Waals surface area contributed by atoms with Gasteiger partial charge in [0.05, 0.1) is 6.21 Å². The zero-order valence-electron chi connectivity index (χ0n) is 17.8. The summed E-state index contributed by atoms with van der Waals surface area (Å²) in [5.41, 5.74) is 3.24. The molecule has 2 aliphatic rings. The van der Waals surface area contributed by atoms with E-state index in [0.717, 1.165) is 18.4 Å². The van der Waals surface area contributed by atoms with E-state index in [4.69, 9.17) is 14.2 Å². The average molecular weight is 437 g/mol. The summed E-state index contributed by atoms with van der Waals surface area (Å²) in [6.45, 7) is 0.116. The van der Waals surface area contributed by atoms with Gasteiger partial charge in [-0.2, -0.15) is 5.10 Å². The van der Waals surface area contributed by atoms with Crippen LogP contribution >= 0.6 is 0 Å². The Balaban J connectivity index is 1.19. The molecule has 0 aromatic heterocycles. The maximum absolute atomic E-state index is 12.3. The van der Waals surface area contributed by atoms with Crippen molar-refractivity contribution in [2.75, 3.05) is 13.2 Å². The fourth-order valence-corrected chi connectivity index (χ4v) is 3.71. The summed E-state index contributed by atoms with van der Waals surface area (Å²) in [6, 6.07) is 14.6. The first-order valence-corrected chi connectivity index (χ1v) is 10.9. The molecule has 0 bridgehead atoms. The topological polar surface area (TPSA) is 98.2 Å². The van der Waals surface area contributed by atoms with Crippen LogP contribution in [0.25, 0.3) is 0 Å². The summed E-state index contributed by atoms with van der Waals surface area (Å²) in [6.07, 6.45) is 6.44. The average Bonchev–Trinajstić information content (AvgIpc) is 2.84. The Morgan fingerprint density at radius 3 is 2.56 bits per heavy atom. The summed E-state index contributed by atoms with van der Waals surface area (Å²) in [5, 5.41) is 7.00. The highest BCUT2D eigenvalue weighted by molar-refractivity contribution is 5.85. The lowest BCUT2D eigenvalue weighted by Gasteiger charge is -2.24. The Hall–Kier alpha value is -3.55. The minimum absolute atomic E-state index is 0.00736. The summed E-state index contributed by atoms with van der Waals surface area (Å²) >= 11 is 0. The van der Waals surface area contributed by atoms with Gasteiger partial charge in [-0.15, -0.1) is 0 Å². The van der Waals surface area contributed by atoms with Crippen LogP contribution in [-0.2, 0) is 9.59 Å². The maximum Gasteiger partial charge on any atom is 0.284 e. The van der Waals surface area contributed by atoms with Gasteiger partial charge in [0.2, 0.25) is 6.10 Å². The van der Waals surface area contributed by atoms with Crippen molar-refractivity contribution in [3.63, 3.8) is 0 Å². The predicted molar refractivity (Wildman–Crippen MR) is 119 cm³/mol. The SMILES string of the molecule is O=C(COc1ccc(/C=N\NC(=O)[C@@H]2COc3ccccc3O2)cc1)NC1CCCCC1. The van der Waals surface area contributed by atoms with Crippen LogP contribution in [0.15, 0.2) is 53.6 Å². The molecule has 168 valence electrons. The molecule has 2 aromatic carbocycles. The first kappa shape index (κ1) is 21.7. The lowest BCUT2D eigenvalue weighted by molar-refractivity contribution is -0.130. The number of hydrogen-bond donors (Lipinski definition) is 2. The zero-order valence-corrected chi connectivity index (χ0v) is 17.8. The van der Waals surface area contributed by atoms with Gasteiger partial charge in [-0.25, -0.2) is 5.43 Å². The third kappa shape index (κ3) is 6.00. The molecule has 1 saturated carbocycles. The van der Waals surface area contributed by atoms with Gasteiger partial charge in [0.15, 0.2) is 18.1 Å². The van der Waals surface area contributed by atoms with Crippen LogP contribution in [0, 0.1) is 0 Å². The Kier molecular flexibility index (Phi) is 7.22. The van der Waals surface area contributed by atoms with Gasteiger partial charge in [-0.1, -0.05) is 31.4 Å². The van der Waals surface area contributed by atoms with Crippen molar-refractivity contribution in [3.8, 4) is 17.2 Å². The third-order valence-corrected chi connectivity index (χ3v) is 5.41. The van der Waals surface area contributed by atoms with E-state index < -0.39 is 6.10 Å². The summed E-state index contributed by atoms with van der Waals surface area (Å²) in [7, 11) is 0. The number of fused-ring (bicyclic) bond motifs is 1. The minimum atomic E-state index is -0.766. The molecule has 1 heterocycles. The molecule has 2 amide bonds. The van der Waals surface area contributed by atoms with Crippen molar-refractivity contribution in [1.82, 2.24) is 10.7 Å². The molecule has 0 radical (unpaired) electrons. The summed E-state index contributed by atoms with van der Waals surface area (Å²) in [4.78, 5) is 24.3. The molecule has 1 fully saturated rings. The number of amides is 2. The van der Waals surface area contributed by atoms with Crippen LogP contribution in [0.5, 0.6) is 17.2 Å². The molecule has 1 aliphatic carbocycles. The predicted octanol–water partition coefficient (Wildman–Crippen LogP) is 2.80. The monoisotopic (exact) mass is 437 g/mol. The van der Waals surface area contributed by atoms with Crippen LogP contribution in [0.2, 0.25) is 0 Å². The molecule has 2 N–H and O–H groups in total. The van der Waals surface area contributed by atoms with E-state index in [9.17, 15) is 9.59 Å². The lowest BCUT2D eigenvalue weighted by Crippen LogP contribution is -2.42. The van der Waals surface area contributed by atoms with Crippen molar-refractivity contribution in [1.29, 1.82) is 0 Å². The molecule has 32 heavy (non-hydrogen) atoms. The molecule has 8 heteroatoms. The van der Waals surface area contributed by atoms with E-state index >= 15 is 0 Å². The minimum Gasteiger partial charge on any atom is -0.485 e. The Morgan fingerprint density at radius 1 is 1.03 bits per heavy atom. The second-order valence-electron chi connectivity index (χ2n) is 7.86. The van der Waals surface area contributed by atoms with Crippen molar-refractivity contribution < 1.29 is 23.8 Å². The normalized spacial score (nSPS) is 18.2. The first-order valence-electron chi connectivity index (χ1n) is 10.9. The van der Waals surface area contributed by atoms with Crippen molar-refractivity contribution in [2.45, 2.75) is 44.2 Å². The quantitative estimate of drug-likeness (QED) is 0.513. The van der Waals surface area contributed by atoms with Gasteiger partial charge in [0.1, 0.15) is 12.4 Å². The third-order valence-electron chi connectivity index (χ3n) is 5.41. The molecule has 1 atom stereocenters. The number of nitrogens with one attached hydrogen (secondary N) is 2.